The fourth-order valence-corrected chi connectivity index (χ4v) is 2.00. The molecule has 0 radical (unpaired) electrons. The predicted molar refractivity (Wildman–Crippen MR) is 65.6 cm³/mol. The van der Waals surface area contributed by atoms with Crippen LogP contribution in [0.3, 0.4) is 0 Å². The second-order valence-electron chi connectivity index (χ2n) is 3.81. The summed E-state index contributed by atoms with van der Waals surface area (Å²) < 4.78 is 11.2. The third-order valence-corrected chi connectivity index (χ3v) is 3.17. The van der Waals surface area contributed by atoms with E-state index in [0.717, 1.165) is 12.8 Å². The van der Waals surface area contributed by atoms with Crippen molar-refractivity contribution in [2.75, 3.05) is 18.9 Å². The fraction of sp³-hybridized carbons (Fsp3) is 0.455. The Morgan fingerprint density at radius 1 is 1.53 bits per heavy atom. The Labute approximate surface area is 107 Å². The van der Waals surface area contributed by atoms with Gasteiger partial charge >= 0.3 is 5.97 Å². The maximum Gasteiger partial charge on any atom is 0.339 e. The lowest BCUT2D eigenvalue weighted by molar-refractivity contribution is -0.0159. The van der Waals surface area contributed by atoms with Crippen LogP contribution in [0.25, 0.3) is 0 Å². The molecule has 0 bridgehead atoms. The zero-order valence-electron chi connectivity index (χ0n) is 9.19. The van der Waals surface area contributed by atoms with Crippen molar-refractivity contribution in [1.29, 1.82) is 0 Å². The van der Waals surface area contributed by atoms with E-state index >= 15 is 0 Å². The van der Waals surface area contributed by atoms with Gasteiger partial charge in [-0.3, -0.25) is 0 Å². The number of halogens is 1. The second kappa shape index (κ2) is 5.46. The Balaban J connectivity index is 2.05. The molecule has 6 heteroatoms. The molecule has 0 unspecified atom stereocenters. The molecule has 1 fully saturated rings. The molecule has 2 N–H and O–H groups in total. The number of rotatable bonds is 2. The number of nitrogens with two attached hydrogens (primary N) is 1. The average molecular weight is 301 g/mol. The molecule has 1 aromatic rings. The summed E-state index contributed by atoms with van der Waals surface area (Å²) in [6.45, 7) is 1.27. The lowest BCUT2D eigenvalue weighted by Gasteiger charge is -2.22. The first kappa shape index (κ1) is 12.3. The molecular weight excluding hydrogens is 288 g/mol. The molecule has 0 spiro atoms. The molecule has 0 aliphatic carbocycles. The van der Waals surface area contributed by atoms with E-state index in [1.165, 1.54) is 12.3 Å². The average Bonchev–Trinajstić information content (AvgIpc) is 2.33. The highest BCUT2D eigenvalue weighted by Gasteiger charge is 2.20. The van der Waals surface area contributed by atoms with Gasteiger partial charge in [0.2, 0.25) is 0 Å². The predicted octanol–water partition coefficient (Wildman–Crippen LogP) is 1.76. The van der Waals surface area contributed by atoms with E-state index in [0.29, 0.717) is 29.1 Å². The van der Waals surface area contributed by atoms with Gasteiger partial charge < -0.3 is 15.2 Å². The number of hydrogen-bond donors (Lipinski definition) is 1. The van der Waals surface area contributed by atoms with Gasteiger partial charge in [-0.2, -0.15) is 0 Å². The van der Waals surface area contributed by atoms with Gasteiger partial charge in [-0.1, -0.05) is 0 Å². The molecule has 1 aliphatic heterocycles. The number of carbonyl (C=O) groups excluding carboxylic acids is 1. The van der Waals surface area contributed by atoms with Crippen LogP contribution in [-0.4, -0.2) is 30.3 Å². The first-order valence-electron chi connectivity index (χ1n) is 5.36. The Morgan fingerprint density at radius 2 is 2.24 bits per heavy atom. The van der Waals surface area contributed by atoms with E-state index in [-0.39, 0.29) is 12.1 Å². The summed E-state index contributed by atoms with van der Waals surface area (Å²) >= 11 is 3.25. The summed E-state index contributed by atoms with van der Waals surface area (Å²) in [7, 11) is 0. The monoisotopic (exact) mass is 300 g/mol. The standard InChI is InChI=1S/C11H13BrN2O3/c12-9-6-14-10(13)5-8(9)11(15)17-7-1-3-16-4-2-7/h5-7H,1-4H2,(H2,13,14). The fourth-order valence-electron chi connectivity index (χ4n) is 1.62. The molecule has 0 saturated carbocycles. The molecule has 1 saturated heterocycles. The number of hydrogen-bond acceptors (Lipinski definition) is 5. The number of ether oxygens (including phenoxy) is 2. The molecule has 2 rings (SSSR count). The molecule has 5 nitrogen and oxygen atoms in total. The van der Waals surface area contributed by atoms with Crippen LogP contribution >= 0.6 is 15.9 Å². The van der Waals surface area contributed by atoms with Crippen LogP contribution in [0.4, 0.5) is 5.82 Å². The number of carbonyl (C=O) groups is 1. The SMILES string of the molecule is Nc1cc(C(=O)OC2CCOCC2)c(Br)cn1. The van der Waals surface area contributed by atoms with Gasteiger partial charge in [0.15, 0.2) is 0 Å². The molecule has 1 aromatic heterocycles. The van der Waals surface area contributed by atoms with Crippen LogP contribution in [0.2, 0.25) is 0 Å². The quantitative estimate of drug-likeness (QED) is 0.843. The number of nitrogen functional groups attached to an aromatic ring is 1. The zero-order chi connectivity index (χ0) is 12.3. The van der Waals surface area contributed by atoms with E-state index in [4.69, 9.17) is 15.2 Å². The largest absolute Gasteiger partial charge is 0.459 e. The van der Waals surface area contributed by atoms with Crippen LogP contribution in [0.5, 0.6) is 0 Å². The highest BCUT2D eigenvalue weighted by molar-refractivity contribution is 9.10. The highest BCUT2D eigenvalue weighted by Crippen LogP contribution is 2.20. The van der Waals surface area contributed by atoms with Crippen molar-refractivity contribution in [3.63, 3.8) is 0 Å². The molecule has 0 amide bonds. The topological polar surface area (TPSA) is 74.4 Å². The van der Waals surface area contributed by atoms with Crippen LogP contribution in [0.1, 0.15) is 23.2 Å². The van der Waals surface area contributed by atoms with Crippen LogP contribution in [0.15, 0.2) is 16.7 Å². The zero-order valence-corrected chi connectivity index (χ0v) is 10.8. The van der Waals surface area contributed by atoms with Crippen LogP contribution in [-0.2, 0) is 9.47 Å². The highest BCUT2D eigenvalue weighted by atomic mass is 79.9. The van der Waals surface area contributed by atoms with E-state index in [2.05, 4.69) is 20.9 Å². The van der Waals surface area contributed by atoms with Gasteiger partial charge in [0.25, 0.3) is 0 Å². The van der Waals surface area contributed by atoms with Gasteiger partial charge in [0.1, 0.15) is 11.9 Å². The van der Waals surface area contributed by atoms with E-state index in [1.54, 1.807) is 0 Å². The maximum atomic E-state index is 11.9. The van der Waals surface area contributed by atoms with E-state index in [1.807, 2.05) is 0 Å². The van der Waals surface area contributed by atoms with Gasteiger partial charge in [-0.05, 0) is 22.0 Å². The molecule has 92 valence electrons. The lowest BCUT2D eigenvalue weighted by Crippen LogP contribution is -2.26. The summed E-state index contributed by atoms with van der Waals surface area (Å²) in [6.07, 6.45) is 2.90. The Morgan fingerprint density at radius 3 is 2.94 bits per heavy atom. The van der Waals surface area contributed by atoms with Crippen molar-refractivity contribution in [2.24, 2.45) is 0 Å². The minimum absolute atomic E-state index is 0.0717. The van der Waals surface area contributed by atoms with Crippen LogP contribution < -0.4 is 5.73 Å². The number of anilines is 1. The summed E-state index contributed by atoms with van der Waals surface area (Å²) in [4.78, 5) is 15.8. The Bertz CT molecular complexity index is 419. The molecule has 0 aromatic carbocycles. The van der Waals surface area contributed by atoms with Crippen molar-refractivity contribution in [3.05, 3.63) is 22.3 Å². The number of nitrogens with zero attached hydrogens (tertiary/aromatic N) is 1. The summed E-state index contributed by atoms with van der Waals surface area (Å²) in [6, 6.07) is 1.51. The van der Waals surface area contributed by atoms with Crippen molar-refractivity contribution in [2.45, 2.75) is 18.9 Å². The maximum absolute atomic E-state index is 11.9. The summed E-state index contributed by atoms with van der Waals surface area (Å²) in [5.41, 5.74) is 5.95. The number of pyridine rings is 1. The second-order valence-corrected chi connectivity index (χ2v) is 4.66. The minimum Gasteiger partial charge on any atom is -0.459 e. The van der Waals surface area contributed by atoms with Gasteiger partial charge in [0, 0.05) is 19.0 Å². The van der Waals surface area contributed by atoms with Crippen molar-refractivity contribution >= 4 is 27.7 Å². The number of aromatic nitrogens is 1. The van der Waals surface area contributed by atoms with E-state index in [9.17, 15) is 4.79 Å². The molecular formula is C11H13BrN2O3. The van der Waals surface area contributed by atoms with Crippen molar-refractivity contribution in [3.8, 4) is 0 Å². The third kappa shape index (κ3) is 3.17. The number of esters is 1. The van der Waals surface area contributed by atoms with Gasteiger partial charge in [0.05, 0.1) is 23.2 Å². The first-order chi connectivity index (χ1) is 8.16. The van der Waals surface area contributed by atoms with Crippen molar-refractivity contribution in [1.82, 2.24) is 4.98 Å². The first-order valence-corrected chi connectivity index (χ1v) is 6.16. The smallest absolute Gasteiger partial charge is 0.339 e. The van der Waals surface area contributed by atoms with Gasteiger partial charge in [-0.25, -0.2) is 9.78 Å². The molecule has 1 aliphatic rings. The lowest BCUT2D eigenvalue weighted by atomic mass is 10.1. The van der Waals surface area contributed by atoms with Crippen molar-refractivity contribution < 1.29 is 14.3 Å². The molecule has 17 heavy (non-hydrogen) atoms. The van der Waals surface area contributed by atoms with Gasteiger partial charge in [-0.15, -0.1) is 0 Å². The Kier molecular flexibility index (Phi) is 3.96. The molecule has 0 atom stereocenters. The summed E-state index contributed by atoms with van der Waals surface area (Å²) in [5.74, 6) is -0.0787. The molecule has 2 heterocycles. The Hall–Kier alpha value is -1.14. The third-order valence-electron chi connectivity index (χ3n) is 2.54. The minimum atomic E-state index is -0.377. The normalized spacial score (nSPS) is 16.8. The summed E-state index contributed by atoms with van der Waals surface area (Å²) in [5, 5.41) is 0. The van der Waals surface area contributed by atoms with Crippen LogP contribution in [0, 0.1) is 0 Å². The van der Waals surface area contributed by atoms with E-state index < -0.39 is 0 Å².